The zero-order valence-electron chi connectivity index (χ0n) is 10.3. The van der Waals surface area contributed by atoms with Crippen LogP contribution in [0.4, 0.5) is 0 Å². The van der Waals surface area contributed by atoms with Crippen LogP contribution in [0, 0.1) is 0 Å². The number of thiol groups is 1. The molecule has 5 N–H and O–H groups in total. The van der Waals surface area contributed by atoms with Gasteiger partial charge in [0.25, 0.3) is 0 Å². The standard InChI is InChI=1S/C10H20N2O5S/c1-4(14)11-7-9(16)8(15)6(3-13)17-10(7)12-5(2)18/h5-10,12-13,15-16,18H,3H2,1-2H3,(H,11,14). The van der Waals surface area contributed by atoms with E-state index in [-0.39, 0.29) is 11.3 Å². The van der Waals surface area contributed by atoms with Gasteiger partial charge in [-0.15, -0.1) is 0 Å². The van der Waals surface area contributed by atoms with Gasteiger partial charge in [-0.2, -0.15) is 12.6 Å². The molecule has 8 heteroatoms. The Bertz CT molecular complexity index is 291. The summed E-state index contributed by atoms with van der Waals surface area (Å²) >= 11 is 4.14. The molecule has 1 aliphatic rings. The van der Waals surface area contributed by atoms with Crippen molar-refractivity contribution in [1.82, 2.24) is 10.6 Å². The third-order valence-corrected chi connectivity index (χ3v) is 2.85. The fourth-order valence-corrected chi connectivity index (χ4v) is 2.04. The van der Waals surface area contributed by atoms with Gasteiger partial charge in [-0.25, -0.2) is 0 Å². The SMILES string of the molecule is CC(=O)NC1C(NC(C)S)OC(CO)C(O)C1O. The van der Waals surface area contributed by atoms with Crippen molar-refractivity contribution in [1.29, 1.82) is 0 Å². The van der Waals surface area contributed by atoms with E-state index in [1.807, 2.05) is 0 Å². The normalized spacial score (nSPS) is 38.2. The number of nitrogens with one attached hydrogen (secondary N) is 2. The largest absolute Gasteiger partial charge is 0.394 e. The van der Waals surface area contributed by atoms with Crippen molar-refractivity contribution in [2.24, 2.45) is 0 Å². The number of amides is 1. The molecule has 6 unspecified atom stereocenters. The number of ether oxygens (including phenoxy) is 1. The van der Waals surface area contributed by atoms with Gasteiger partial charge in [0.1, 0.15) is 24.5 Å². The van der Waals surface area contributed by atoms with Crippen molar-refractivity contribution < 1.29 is 24.9 Å². The molecule has 1 saturated heterocycles. The third-order valence-electron chi connectivity index (χ3n) is 2.70. The molecule has 106 valence electrons. The Kier molecular flexibility index (Phi) is 5.83. The summed E-state index contributed by atoms with van der Waals surface area (Å²) in [7, 11) is 0. The minimum Gasteiger partial charge on any atom is -0.394 e. The van der Waals surface area contributed by atoms with E-state index >= 15 is 0 Å². The van der Waals surface area contributed by atoms with Gasteiger partial charge in [0, 0.05) is 12.3 Å². The Morgan fingerprint density at radius 3 is 2.50 bits per heavy atom. The van der Waals surface area contributed by atoms with Crippen LogP contribution in [0.15, 0.2) is 0 Å². The molecule has 1 amide bonds. The second kappa shape index (κ2) is 6.69. The van der Waals surface area contributed by atoms with Gasteiger partial charge in [0.05, 0.1) is 12.6 Å². The van der Waals surface area contributed by atoms with Gasteiger partial charge in [0.2, 0.25) is 5.91 Å². The monoisotopic (exact) mass is 280 g/mol. The lowest BCUT2D eigenvalue weighted by atomic mass is 9.96. The summed E-state index contributed by atoms with van der Waals surface area (Å²) in [6.07, 6.45) is -4.14. The lowest BCUT2D eigenvalue weighted by molar-refractivity contribution is -0.202. The number of hydrogen-bond acceptors (Lipinski definition) is 7. The Labute approximate surface area is 111 Å². The lowest BCUT2D eigenvalue weighted by Gasteiger charge is -2.43. The highest BCUT2D eigenvalue weighted by Crippen LogP contribution is 2.20. The van der Waals surface area contributed by atoms with Crippen molar-refractivity contribution in [3.63, 3.8) is 0 Å². The number of carbonyl (C=O) groups is 1. The molecule has 0 aliphatic carbocycles. The van der Waals surface area contributed by atoms with Gasteiger partial charge in [-0.05, 0) is 6.92 Å². The molecule has 0 saturated carbocycles. The number of aliphatic hydroxyl groups is 3. The maximum atomic E-state index is 11.1. The van der Waals surface area contributed by atoms with Gasteiger partial charge >= 0.3 is 0 Å². The lowest BCUT2D eigenvalue weighted by Crippen LogP contribution is -2.67. The fourth-order valence-electron chi connectivity index (χ4n) is 1.89. The van der Waals surface area contributed by atoms with Crippen LogP contribution in [0.2, 0.25) is 0 Å². The van der Waals surface area contributed by atoms with Gasteiger partial charge in [0.15, 0.2) is 0 Å². The van der Waals surface area contributed by atoms with Crippen molar-refractivity contribution in [3.05, 3.63) is 0 Å². The minimum atomic E-state index is -1.26. The molecule has 1 rings (SSSR count). The molecular formula is C10H20N2O5S. The highest BCUT2D eigenvalue weighted by molar-refractivity contribution is 7.80. The number of rotatable bonds is 4. The first-order valence-electron chi connectivity index (χ1n) is 5.70. The topological polar surface area (TPSA) is 111 Å². The number of aliphatic hydroxyl groups excluding tert-OH is 3. The summed E-state index contributed by atoms with van der Waals surface area (Å²) in [6.45, 7) is 2.63. The first-order chi connectivity index (χ1) is 8.36. The maximum Gasteiger partial charge on any atom is 0.217 e. The zero-order valence-corrected chi connectivity index (χ0v) is 11.2. The van der Waals surface area contributed by atoms with E-state index in [0.29, 0.717) is 0 Å². The molecule has 7 nitrogen and oxygen atoms in total. The molecule has 0 spiro atoms. The first-order valence-corrected chi connectivity index (χ1v) is 6.22. The minimum absolute atomic E-state index is 0.243. The van der Waals surface area contributed by atoms with Crippen LogP contribution in [0.25, 0.3) is 0 Å². The van der Waals surface area contributed by atoms with Crippen molar-refractivity contribution in [2.45, 2.75) is 49.8 Å². The van der Waals surface area contributed by atoms with E-state index in [9.17, 15) is 15.0 Å². The first kappa shape index (κ1) is 15.7. The predicted octanol–water partition coefficient (Wildman–Crippen LogP) is -2.20. The third kappa shape index (κ3) is 3.81. The van der Waals surface area contributed by atoms with E-state index in [1.54, 1.807) is 6.92 Å². The van der Waals surface area contributed by atoms with Crippen LogP contribution in [0.1, 0.15) is 13.8 Å². The van der Waals surface area contributed by atoms with Crippen LogP contribution < -0.4 is 10.6 Å². The molecule has 1 aliphatic heterocycles. The summed E-state index contributed by atoms with van der Waals surface area (Å²) in [5.74, 6) is -0.351. The Balaban J connectivity index is 2.83. The Morgan fingerprint density at radius 2 is 2.06 bits per heavy atom. The summed E-state index contributed by atoms with van der Waals surface area (Å²) in [6, 6.07) is -0.810. The average molecular weight is 280 g/mol. The molecule has 18 heavy (non-hydrogen) atoms. The van der Waals surface area contributed by atoms with E-state index in [1.165, 1.54) is 6.92 Å². The number of carbonyl (C=O) groups excluding carboxylic acids is 1. The highest BCUT2D eigenvalue weighted by Gasteiger charge is 2.44. The summed E-state index contributed by atoms with van der Waals surface area (Å²) in [5, 5.41) is 33.9. The fraction of sp³-hybridized carbons (Fsp3) is 0.900. The smallest absolute Gasteiger partial charge is 0.217 e. The molecule has 0 bridgehead atoms. The molecule has 1 fully saturated rings. The van der Waals surface area contributed by atoms with Crippen LogP contribution >= 0.6 is 12.6 Å². The van der Waals surface area contributed by atoms with E-state index in [0.717, 1.165) is 0 Å². The Hall–Kier alpha value is -0.380. The van der Waals surface area contributed by atoms with Gasteiger partial charge < -0.3 is 25.4 Å². The second-order valence-electron chi connectivity index (χ2n) is 4.33. The molecule has 0 radical (unpaired) electrons. The highest BCUT2D eigenvalue weighted by atomic mass is 32.1. The van der Waals surface area contributed by atoms with Crippen molar-refractivity contribution >= 4 is 18.5 Å². The van der Waals surface area contributed by atoms with E-state index in [2.05, 4.69) is 23.3 Å². The van der Waals surface area contributed by atoms with Crippen molar-refractivity contribution in [2.75, 3.05) is 6.61 Å². The van der Waals surface area contributed by atoms with E-state index in [4.69, 9.17) is 9.84 Å². The molecule has 1 heterocycles. The molecule has 0 aromatic rings. The van der Waals surface area contributed by atoms with Crippen molar-refractivity contribution in [3.8, 4) is 0 Å². The molecule has 6 atom stereocenters. The molecule has 0 aromatic carbocycles. The van der Waals surface area contributed by atoms with Crippen LogP contribution in [-0.4, -0.2) is 63.8 Å². The number of hydrogen-bond donors (Lipinski definition) is 6. The zero-order chi connectivity index (χ0) is 13.9. The molecule has 0 aromatic heterocycles. The summed E-state index contributed by atoms with van der Waals surface area (Å²) in [4.78, 5) is 11.1. The second-order valence-corrected chi connectivity index (χ2v) is 5.10. The maximum absolute atomic E-state index is 11.1. The van der Waals surface area contributed by atoms with Crippen LogP contribution in [0.5, 0.6) is 0 Å². The Morgan fingerprint density at radius 1 is 1.44 bits per heavy atom. The van der Waals surface area contributed by atoms with Crippen LogP contribution in [-0.2, 0) is 9.53 Å². The predicted molar refractivity (Wildman–Crippen MR) is 66.9 cm³/mol. The van der Waals surface area contributed by atoms with Gasteiger partial charge in [-0.3, -0.25) is 10.1 Å². The van der Waals surface area contributed by atoms with Gasteiger partial charge in [-0.1, -0.05) is 0 Å². The summed E-state index contributed by atoms with van der Waals surface area (Å²) < 4.78 is 5.41. The molecular weight excluding hydrogens is 260 g/mol. The quantitative estimate of drug-likeness (QED) is 0.257. The summed E-state index contributed by atoms with van der Waals surface area (Å²) in [5.41, 5.74) is 0. The average Bonchev–Trinajstić information content (AvgIpc) is 2.27. The van der Waals surface area contributed by atoms with E-state index < -0.39 is 37.2 Å². The van der Waals surface area contributed by atoms with Crippen LogP contribution in [0.3, 0.4) is 0 Å².